The van der Waals surface area contributed by atoms with E-state index in [-0.39, 0.29) is 30.1 Å². The van der Waals surface area contributed by atoms with Crippen molar-refractivity contribution >= 4 is 17.5 Å². The van der Waals surface area contributed by atoms with Crippen LogP contribution in [-0.4, -0.2) is 11.8 Å². The number of benzene rings is 2. The predicted molar refractivity (Wildman–Crippen MR) is 128 cm³/mol. The molecule has 0 aliphatic heterocycles. The van der Waals surface area contributed by atoms with E-state index in [9.17, 15) is 18.0 Å². The second-order valence-electron chi connectivity index (χ2n) is 10.0. The molecule has 4 rings (SSSR count). The van der Waals surface area contributed by atoms with E-state index in [1.165, 1.54) is 6.07 Å². The van der Waals surface area contributed by atoms with Crippen molar-refractivity contribution in [1.29, 1.82) is 0 Å². The number of anilines is 1. The van der Waals surface area contributed by atoms with Crippen LogP contribution in [-0.2, 0) is 12.6 Å². The normalized spacial score (nSPS) is 19.0. The number of hydrogen-bond acceptors (Lipinski definition) is 2. The van der Waals surface area contributed by atoms with Gasteiger partial charge in [-0.1, -0.05) is 50.3 Å². The van der Waals surface area contributed by atoms with Crippen LogP contribution in [0.4, 0.5) is 18.9 Å². The molecular formula is C28H32F3NO. The average Bonchev–Trinajstić information content (AvgIpc) is 3.58. The zero-order valence-corrected chi connectivity index (χ0v) is 19.5. The number of nitrogens with one attached hydrogen (secondary N) is 1. The lowest BCUT2D eigenvalue weighted by Gasteiger charge is -2.24. The summed E-state index contributed by atoms with van der Waals surface area (Å²) in [5.74, 6) is 0.841. The highest BCUT2D eigenvalue weighted by molar-refractivity contribution is 6.06. The first-order valence-corrected chi connectivity index (χ1v) is 12.0. The Hall–Kier alpha value is -2.56. The van der Waals surface area contributed by atoms with Gasteiger partial charge in [0.1, 0.15) is 0 Å². The van der Waals surface area contributed by atoms with Gasteiger partial charge < -0.3 is 5.32 Å². The Morgan fingerprint density at radius 2 is 1.85 bits per heavy atom. The van der Waals surface area contributed by atoms with Crippen LogP contribution in [0.2, 0.25) is 0 Å². The molecule has 0 amide bonds. The summed E-state index contributed by atoms with van der Waals surface area (Å²) < 4.78 is 41.2. The second kappa shape index (κ2) is 9.36. The van der Waals surface area contributed by atoms with Crippen LogP contribution in [0.5, 0.6) is 0 Å². The van der Waals surface area contributed by atoms with Crippen LogP contribution in [0.15, 0.2) is 42.5 Å². The molecule has 0 radical (unpaired) electrons. The zero-order valence-electron chi connectivity index (χ0n) is 19.5. The van der Waals surface area contributed by atoms with Gasteiger partial charge in [0.2, 0.25) is 0 Å². The third-order valence-electron chi connectivity index (χ3n) is 6.67. The van der Waals surface area contributed by atoms with Crippen LogP contribution in [0.3, 0.4) is 0 Å². The highest BCUT2D eigenvalue weighted by Gasteiger charge is 2.35. The van der Waals surface area contributed by atoms with Gasteiger partial charge in [0, 0.05) is 28.8 Å². The molecule has 0 spiro atoms. The van der Waals surface area contributed by atoms with Crippen LogP contribution in [0, 0.1) is 11.8 Å². The van der Waals surface area contributed by atoms with Gasteiger partial charge in [0.15, 0.2) is 5.78 Å². The number of halogens is 3. The van der Waals surface area contributed by atoms with Crippen LogP contribution in [0.1, 0.15) is 85.0 Å². The summed E-state index contributed by atoms with van der Waals surface area (Å²) in [6.07, 6.45) is 3.61. The topological polar surface area (TPSA) is 29.1 Å². The average molecular weight is 456 g/mol. The summed E-state index contributed by atoms with van der Waals surface area (Å²) in [4.78, 5) is 13.0. The molecule has 2 aliphatic rings. The van der Waals surface area contributed by atoms with Gasteiger partial charge in [0.05, 0.1) is 5.56 Å². The van der Waals surface area contributed by atoms with Crippen LogP contribution >= 0.6 is 0 Å². The Bertz CT molecular complexity index is 1050. The van der Waals surface area contributed by atoms with Gasteiger partial charge in [-0.3, -0.25) is 4.79 Å². The maximum atomic E-state index is 13.7. The Morgan fingerprint density at radius 3 is 2.52 bits per heavy atom. The molecule has 1 fully saturated rings. The van der Waals surface area contributed by atoms with Crippen molar-refractivity contribution in [1.82, 2.24) is 0 Å². The van der Waals surface area contributed by atoms with Gasteiger partial charge >= 0.3 is 6.18 Å². The van der Waals surface area contributed by atoms with Crippen molar-refractivity contribution in [2.24, 2.45) is 11.8 Å². The van der Waals surface area contributed by atoms with Crippen molar-refractivity contribution in [2.45, 2.75) is 71.0 Å². The van der Waals surface area contributed by atoms with Gasteiger partial charge in [-0.05, 0) is 74.1 Å². The number of carbonyl (C=O) groups is 1. The summed E-state index contributed by atoms with van der Waals surface area (Å²) >= 11 is 0. The fraction of sp³-hybridized carbons (Fsp3) is 0.464. The Morgan fingerprint density at radius 1 is 1.09 bits per heavy atom. The van der Waals surface area contributed by atoms with Gasteiger partial charge in [-0.15, -0.1) is 0 Å². The molecule has 0 bridgehead atoms. The predicted octanol–water partition coefficient (Wildman–Crippen LogP) is 7.89. The fourth-order valence-corrected chi connectivity index (χ4v) is 4.68. The van der Waals surface area contributed by atoms with Gasteiger partial charge in [-0.2, -0.15) is 13.2 Å². The first kappa shape index (κ1) is 23.6. The van der Waals surface area contributed by atoms with E-state index in [0.29, 0.717) is 17.0 Å². The van der Waals surface area contributed by atoms with E-state index >= 15 is 0 Å². The molecule has 0 heterocycles. The molecule has 2 aromatic rings. The Labute approximate surface area is 194 Å². The van der Waals surface area contributed by atoms with Crippen molar-refractivity contribution < 1.29 is 18.0 Å². The molecule has 176 valence electrons. The highest BCUT2D eigenvalue weighted by atomic mass is 19.4. The molecule has 33 heavy (non-hydrogen) atoms. The third-order valence-corrected chi connectivity index (χ3v) is 6.67. The van der Waals surface area contributed by atoms with Crippen LogP contribution < -0.4 is 5.32 Å². The second-order valence-corrected chi connectivity index (χ2v) is 10.0. The number of Topliss-reactive ketones (excluding diaryl/α,β-unsaturated/α-hetero) is 1. The lowest BCUT2D eigenvalue weighted by Crippen LogP contribution is -2.23. The lowest BCUT2D eigenvalue weighted by atomic mass is 9.84. The molecule has 1 saturated carbocycles. The van der Waals surface area contributed by atoms with Crippen molar-refractivity contribution in [3.05, 3.63) is 70.3 Å². The number of ketones is 1. The Kier molecular flexibility index (Phi) is 6.69. The van der Waals surface area contributed by atoms with Gasteiger partial charge in [0.25, 0.3) is 0 Å². The van der Waals surface area contributed by atoms with E-state index in [2.05, 4.69) is 19.2 Å². The van der Waals surface area contributed by atoms with Gasteiger partial charge in [-0.25, -0.2) is 0 Å². The molecule has 2 atom stereocenters. The molecule has 0 aromatic heterocycles. The minimum atomic E-state index is -4.37. The first-order chi connectivity index (χ1) is 15.6. The fourth-order valence-electron chi connectivity index (χ4n) is 4.68. The summed E-state index contributed by atoms with van der Waals surface area (Å²) in [6.45, 7) is 6.18. The quantitative estimate of drug-likeness (QED) is 0.438. The third kappa shape index (κ3) is 5.51. The lowest BCUT2D eigenvalue weighted by molar-refractivity contribution is -0.138. The molecule has 1 N–H and O–H groups in total. The zero-order chi connectivity index (χ0) is 23.8. The highest BCUT2D eigenvalue weighted by Crippen LogP contribution is 2.43. The van der Waals surface area contributed by atoms with E-state index in [0.717, 1.165) is 42.5 Å². The molecule has 0 saturated heterocycles. The largest absolute Gasteiger partial charge is 0.416 e. The van der Waals surface area contributed by atoms with Crippen molar-refractivity contribution in [3.8, 4) is 0 Å². The summed E-state index contributed by atoms with van der Waals surface area (Å²) in [7, 11) is 0. The summed E-state index contributed by atoms with van der Waals surface area (Å²) in [6, 6.07) is 10.2. The molecular weight excluding hydrogens is 423 g/mol. The van der Waals surface area contributed by atoms with E-state index in [4.69, 9.17) is 0 Å². The van der Waals surface area contributed by atoms with Crippen molar-refractivity contribution in [2.75, 3.05) is 5.32 Å². The van der Waals surface area contributed by atoms with E-state index in [1.54, 1.807) is 6.07 Å². The first-order valence-electron chi connectivity index (χ1n) is 12.0. The monoisotopic (exact) mass is 455 g/mol. The number of fused-ring (bicyclic) bond motifs is 1. The minimum absolute atomic E-state index is 0.105. The van der Waals surface area contributed by atoms with E-state index in [1.807, 2.05) is 43.3 Å². The molecule has 2 nitrogen and oxygen atoms in total. The Balaban J connectivity index is 1.51. The summed E-state index contributed by atoms with van der Waals surface area (Å²) in [5.41, 5.74) is 2.87. The molecule has 2 aliphatic carbocycles. The molecule has 2 unspecified atom stereocenters. The summed E-state index contributed by atoms with van der Waals surface area (Å²) in [5, 5.41) is 3.36. The van der Waals surface area contributed by atoms with E-state index < -0.39 is 11.7 Å². The minimum Gasteiger partial charge on any atom is -0.382 e. The smallest absolute Gasteiger partial charge is 0.382 e. The molecule has 5 heteroatoms. The molecule has 2 aromatic carbocycles. The number of carbonyl (C=O) groups excluding carboxylic acids is 1. The SMILES string of the molecule is CC(C)CCC1C=Cc2c(NC(C)Cc3ccc(C4CC4)cc3C(F)(F)F)cccc2C1=O. The standard InChI is InChI=1S/C28H32F3NO/c1-17(2)7-8-20-13-14-23-24(27(20)33)5-4-6-26(23)32-18(3)15-22-12-11-21(19-9-10-19)16-25(22)28(29,30)31/h4-6,11-14,16-20,32H,7-10,15H2,1-3H3. The number of allylic oxidation sites excluding steroid dienone is 1. The van der Waals surface area contributed by atoms with Crippen molar-refractivity contribution in [3.63, 3.8) is 0 Å². The maximum absolute atomic E-state index is 13.7. The van der Waals surface area contributed by atoms with Crippen LogP contribution in [0.25, 0.3) is 6.08 Å². The maximum Gasteiger partial charge on any atom is 0.416 e. The number of alkyl halides is 3. The number of hydrogen-bond donors (Lipinski definition) is 1. The number of rotatable bonds is 8.